The molecule has 0 aliphatic carbocycles. The molecule has 1 fully saturated rings. The van der Waals surface area contributed by atoms with Crippen LogP contribution in [-0.4, -0.2) is 63.6 Å². The molecule has 26 heavy (non-hydrogen) atoms. The van der Waals surface area contributed by atoms with E-state index < -0.39 is 0 Å². The zero-order chi connectivity index (χ0) is 18.9. The van der Waals surface area contributed by atoms with E-state index in [1.54, 1.807) is 0 Å². The first-order valence-corrected chi connectivity index (χ1v) is 9.73. The predicted molar refractivity (Wildman–Crippen MR) is 104 cm³/mol. The molecule has 8 nitrogen and oxygen atoms in total. The first-order valence-electron chi connectivity index (χ1n) is 8.91. The molecule has 142 valence electrons. The van der Waals surface area contributed by atoms with Gasteiger partial charge >= 0.3 is 0 Å². The van der Waals surface area contributed by atoms with Crippen molar-refractivity contribution in [2.45, 2.75) is 39.8 Å². The molecule has 2 aromatic rings. The second-order valence-electron chi connectivity index (χ2n) is 7.55. The van der Waals surface area contributed by atoms with Crippen molar-refractivity contribution >= 4 is 32.7 Å². The molecule has 1 N–H and O–H groups in total. The summed E-state index contributed by atoms with van der Waals surface area (Å²) in [6, 6.07) is 0. The van der Waals surface area contributed by atoms with Gasteiger partial charge in [0.15, 0.2) is 10.8 Å². The standard InChI is InChI=1S/C17H26N6O2S/c1-5-21-6-8-22(9-7-21)16-19-14-13(26-16)15(25)23(11-18-14)10-12(24)20-17(2,3)4/h11H,5-10H2,1-4H3,(H,20,24). The molecule has 0 bridgehead atoms. The first-order chi connectivity index (χ1) is 12.3. The molecule has 1 aliphatic rings. The summed E-state index contributed by atoms with van der Waals surface area (Å²) >= 11 is 1.36. The van der Waals surface area contributed by atoms with Crippen LogP contribution in [-0.2, 0) is 11.3 Å². The molecule has 0 spiro atoms. The molecule has 1 saturated heterocycles. The number of thiazole rings is 1. The molecule has 1 amide bonds. The van der Waals surface area contributed by atoms with Crippen molar-refractivity contribution < 1.29 is 4.79 Å². The molecule has 0 atom stereocenters. The number of aromatic nitrogens is 3. The number of carbonyl (C=O) groups excluding carboxylic acids is 1. The average Bonchev–Trinajstić information content (AvgIpc) is 3.01. The third kappa shape index (κ3) is 4.21. The summed E-state index contributed by atoms with van der Waals surface area (Å²) in [5.41, 5.74) is -0.0910. The number of likely N-dealkylation sites (N-methyl/N-ethyl adjacent to an activating group) is 1. The Kier molecular flexibility index (Phi) is 5.29. The van der Waals surface area contributed by atoms with Gasteiger partial charge in [0, 0.05) is 31.7 Å². The molecule has 0 saturated carbocycles. The number of hydrogen-bond acceptors (Lipinski definition) is 7. The molecule has 2 aromatic heterocycles. The lowest BCUT2D eigenvalue weighted by Gasteiger charge is -2.33. The van der Waals surface area contributed by atoms with Gasteiger partial charge in [-0.05, 0) is 27.3 Å². The largest absolute Gasteiger partial charge is 0.350 e. The Bertz CT molecular complexity index is 845. The van der Waals surface area contributed by atoms with Crippen molar-refractivity contribution in [3.63, 3.8) is 0 Å². The van der Waals surface area contributed by atoms with E-state index in [9.17, 15) is 9.59 Å². The van der Waals surface area contributed by atoms with Crippen LogP contribution in [0.25, 0.3) is 10.3 Å². The number of nitrogens with zero attached hydrogens (tertiary/aromatic N) is 5. The lowest BCUT2D eigenvalue weighted by atomic mass is 10.1. The van der Waals surface area contributed by atoms with Gasteiger partial charge < -0.3 is 15.1 Å². The minimum absolute atomic E-state index is 0.0402. The highest BCUT2D eigenvalue weighted by molar-refractivity contribution is 7.22. The van der Waals surface area contributed by atoms with Gasteiger partial charge in [0.05, 0.1) is 0 Å². The van der Waals surface area contributed by atoms with Crippen LogP contribution in [0, 0.1) is 0 Å². The summed E-state index contributed by atoms with van der Waals surface area (Å²) in [6.07, 6.45) is 1.41. The Labute approximate surface area is 156 Å². The highest BCUT2D eigenvalue weighted by Gasteiger charge is 2.21. The van der Waals surface area contributed by atoms with Gasteiger partial charge in [-0.25, -0.2) is 4.98 Å². The zero-order valence-electron chi connectivity index (χ0n) is 15.8. The maximum atomic E-state index is 12.7. The highest BCUT2D eigenvalue weighted by Crippen LogP contribution is 2.26. The smallest absolute Gasteiger partial charge is 0.273 e. The molecule has 0 unspecified atom stereocenters. The normalized spacial score (nSPS) is 16.2. The minimum Gasteiger partial charge on any atom is -0.350 e. The highest BCUT2D eigenvalue weighted by atomic mass is 32.1. The van der Waals surface area contributed by atoms with Gasteiger partial charge in [0.25, 0.3) is 5.56 Å². The lowest BCUT2D eigenvalue weighted by molar-refractivity contribution is -0.123. The number of rotatable bonds is 4. The molecular weight excluding hydrogens is 352 g/mol. The number of piperazine rings is 1. The van der Waals surface area contributed by atoms with E-state index in [1.165, 1.54) is 22.2 Å². The van der Waals surface area contributed by atoms with Crippen LogP contribution in [0.3, 0.4) is 0 Å². The number of nitrogens with one attached hydrogen (secondary N) is 1. The molecule has 3 rings (SSSR count). The van der Waals surface area contributed by atoms with Crippen molar-refractivity contribution in [2.24, 2.45) is 0 Å². The van der Waals surface area contributed by atoms with E-state index in [-0.39, 0.29) is 23.6 Å². The quantitative estimate of drug-likeness (QED) is 0.851. The van der Waals surface area contributed by atoms with Crippen molar-refractivity contribution in [2.75, 3.05) is 37.6 Å². The minimum atomic E-state index is -0.337. The van der Waals surface area contributed by atoms with Crippen LogP contribution in [0.1, 0.15) is 27.7 Å². The van der Waals surface area contributed by atoms with Crippen LogP contribution in [0.5, 0.6) is 0 Å². The summed E-state index contributed by atoms with van der Waals surface area (Å²) in [5.74, 6) is -0.207. The third-order valence-corrected chi connectivity index (χ3v) is 5.38. The van der Waals surface area contributed by atoms with Crippen LogP contribution >= 0.6 is 11.3 Å². The number of fused-ring (bicyclic) bond motifs is 1. The summed E-state index contributed by atoms with van der Waals surface area (Å²) in [7, 11) is 0. The number of amides is 1. The summed E-state index contributed by atoms with van der Waals surface area (Å²) in [6.45, 7) is 12.7. The van der Waals surface area contributed by atoms with Crippen LogP contribution < -0.4 is 15.8 Å². The predicted octanol–water partition coefficient (Wildman–Crippen LogP) is 0.910. The third-order valence-electron chi connectivity index (χ3n) is 4.29. The summed E-state index contributed by atoms with van der Waals surface area (Å²) < 4.78 is 1.85. The maximum Gasteiger partial charge on any atom is 0.273 e. The van der Waals surface area contributed by atoms with Crippen LogP contribution in [0.4, 0.5) is 5.13 Å². The fraction of sp³-hybridized carbons (Fsp3) is 0.647. The van der Waals surface area contributed by atoms with Crippen LogP contribution in [0.2, 0.25) is 0 Å². The maximum absolute atomic E-state index is 12.7. The molecule has 0 radical (unpaired) electrons. The molecular formula is C17H26N6O2S. The summed E-state index contributed by atoms with van der Waals surface area (Å²) in [5, 5.41) is 3.69. The summed E-state index contributed by atoms with van der Waals surface area (Å²) in [4.78, 5) is 38.2. The van der Waals surface area contributed by atoms with E-state index in [1.807, 2.05) is 20.8 Å². The van der Waals surface area contributed by atoms with Gasteiger partial charge in [-0.1, -0.05) is 18.3 Å². The van der Waals surface area contributed by atoms with Gasteiger partial charge in [0.1, 0.15) is 17.6 Å². The van der Waals surface area contributed by atoms with E-state index in [0.29, 0.717) is 10.3 Å². The topological polar surface area (TPSA) is 83.4 Å². The number of hydrogen-bond donors (Lipinski definition) is 1. The molecule has 0 aromatic carbocycles. The van der Waals surface area contributed by atoms with Gasteiger partial charge in [-0.2, -0.15) is 4.98 Å². The lowest BCUT2D eigenvalue weighted by Crippen LogP contribution is -2.46. The fourth-order valence-electron chi connectivity index (χ4n) is 2.95. The monoisotopic (exact) mass is 378 g/mol. The van der Waals surface area contributed by atoms with E-state index in [2.05, 4.69) is 32.0 Å². The average molecular weight is 379 g/mol. The van der Waals surface area contributed by atoms with E-state index >= 15 is 0 Å². The van der Waals surface area contributed by atoms with E-state index in [4.69, 9.17) is 0 Å². The number of carbonyl (C=O) groups is 1. The molecule has 1 aliphatic heterocycles. The van der Waals surface area contributed by atoms with Gasteiger partial charge in [-0.15, -0.1) is 0 Å². The second kappa shape index (κ2) is 7.32. The Hall–Kier alpha value is -2.00. The zero-order valence-corrected chi connectivity index (χ0v) is 16.6. The van der Waals surface area contributed by atoms with Crippen molar-refractivity contribution in [3.8, 4) is 0 Å². The molecule has 9 heteroatoms. The van der Waals surface area contributed by atoms with Crippen molar-refractivity contribution in [1.82, 2.24) is 24.8 Å². The van der Waals surface area contributed by atoms with Crippen molar-refractivity contribution in [3.05, 3.63) is 16.7 Å². The van der Waals surface area contributed by atoms with E-state index in [0.717, 1.165) is 37.9 Å². The Balaban J connectivity index is 1.79. The second-order valence-corrected chi connectivity index (χ2v) is 8.52. The SMILES string of the molecule is CCN1CCN(c2nc3ncn(CC(=O)NC(C)(C)C)c(=O)c3s2)CC1. The first kappa shape index (κ1) is 18.8. The van der Waals surface area contributed by atoms with Gasteiger partial charge in [0.2, 0.25) is 5.91 Å². The van der Waals surface area contributed by atoms with Crippen LogP contribution in [0.15, 0.2) is 11.1 Å². The Morgan fingerprint density at radius 3 is 2.58 bits per heavy atom. The molecule has 3 heterocycles. The Morgan fingerprint density at radius 2 is 1.96 bits per heavy atom. The van der Waals surface area contributed by atoms with Gasteiger partial charge in [-0.3, -0.25) is 14.2 Å². The van der Waals surface area contributed by atoms with Crippen molar-refractivity contribution in [1.29, 1.82) is 0 Å². The fourth-order valence-corrected chi connectivity index (χ4v) is 3.97. The number of anilines is 1. The Morgan fingerprint density at radius 1 is 1.27 bits per heavy atom.